The van der Waals surface area contributed by atoms with Crippen LogP contribution in [-0.2, 0) is 16.0 Å². The first-order chi connectivity index (χ1) is 7.33. The van der Waals surface area contributed by atoms with Crippen LogP contribution in [0.2, 0.25) is 0 Å². The molecule has 1 aromatic heterocycles. The lowest BCUT2D eigenvalue weighted by Crippen LogP contribution is -2.28. The van der Waals surface area contributed by atoms with E-state index in [9.17, 15) is 4.79 Å². The van der Waals surface area contributed by atoms with Gasteiger partial charge in [-0.1, -0.05) is 6.07 Å². The Kier molecular flexibility index (Phi) is 5.99. The second-order valence-electron chi connectivity index (χ2n) is 3.01. The maximum atomic E-state index is 11.4. The molecule has 1 aromatic rings. The Hall–Kier alpha value is -0.910. The Morgan fingerprint density at radius 3 is 3.07 bits per heavy atom. The lowest BCUT2D eigenvalue weighted by Gasteiger charge is -2.04. The van der Waals surface area contributed by atoms with Crippen molar-refractivity contribution < 1.29 is 9.53 Å². The van der Waals surface area contributed by atoms with Crippen LogP contribution in [0.3, 0.4) is 0 Å². The van der Waals surface area contributed by atoms with Crippen molar-refractivity contribution in [2.24, 2.45) is 5.73 Å². The van der Waals surface area contributed by atoms with E-state index in [1.54, 1.807) is 11.3 Å². The lowest BCUT2D eigenvalue weighted by atomic mass is 10.3. The van der Waals surface area contributed by atoms with Crippen LogP contribution in [0.1, 0.15) is 4.88 Å². The predicted octanol–water partition coefficient (Wildman–Crippen LogP) is 0.382. The highest BCUT2D eigenvalue weighted by atomic mass is 32.1. The van der Waals surface area contributed by atoms with Crippen LogP contribution in [0.25, 0.3) is 0 Å². The van der Waals surface area contributed by atoms with Gasteiger partial charge in [0.1, 0.15) is 0 Å². The van der Waals surface area contributed by atoms with E-state index >= 15 is 0 Å². The summed E-state index contributed by atoms with van der Waals surface area (Å²) in [4.78, 5) is 12.4. The molecule has 0 spiro atoms. The molecular weight excluding hydrogens is 212 g/mol. The molecule has 0 aliphatic rings. The van der Waals surface area contributed by atoms with Crippen LogP contribution in [0.15, 0.2) is 17.5 Å². The van der Waals surface area contributed by atoms with Crippen LogP contribution >= 0.6 is 11.3 Å². The average Bonchev–Trinajstić information content (AvgIpc) is 2.70. The summed E-state index contributed by atoms with van der Waals surface area (Å²) in [5.74, 6) is 0.0359. The minimum Gasteiger partial charge on any atom is -0.378 e. The number of ether oxygens (including phenoxy) is 1. The maximum Gasteiger partial charge on any atom is 0.225 e. The highest BCUT2D eigenvalue weighted by Gasteiger charge is 2.02. The Labute approximate surface area is 93.4 Å². The van der Waals surface area contributed by atoms with Gasteiger partial charge in [0.2, 0.25) is 5.91 Å². The molecule has 84 valence electrons. The summed E-state index contributed by atoms with van der Waals surface area (Å²) in [7, 11) is 0. The summed E-state index contributed by atoms with van der Waals surface area (Å²) >= 11 is 1.59. The molecule has 0 aliphatic carbocycles. The minimum absolute atomic E-state index is 0.0359. The number of rotatable bonds is 7. The molecule has 1 rings (SSSR count). The third-order valence-corrected chi connectivity index (χ3v) is 2.62. The molecule has 5 heteroatoms. The Bertz CT molecular complexity index is 275. The van der Waals surface area contributed by atoms with E-state index in [0.29, 0.717) is 32.7 Å². The van der Waals surface area contributed by atoms with Crippen molar-refractivity contribution in [3.05, 3.63) is 22.4 Å². The van der Waals surface area contributed by atoms with Gasteiger partial charge in [-0.25, -0.2) is 0 Å². The van der Waals surface area contributed by atoms with Crippen molar-refractivity contribution in [3.63, 3.8) is 0 Å². The van der Waals surface area contributed by atoms with Crippen LogP contribution in [0.4, 0.5) is 0 Å². The first kappa shape index (κ1) is 12.2. The molecule has 0 saturated heterocycles. The van der Waals surface area contributed by atoms with Gasteiger partial charge in [-0.2, -0.15) is 0 Å². The first-order valence-corrected chi connectivity index (χ1v) is 5.78. The molecule has 0 atom stereocenters. The van der Waals surface area contributed by atoms with Crippen LogP contribution in [0, 0.1) is 0 Å². The largest absolute Gasteiger partial charge is 0.378 e. The topological polar surface area (TPSA) is 64.3 Å². The van der Waals surface area contributed by atoms with Crippen molar-refractivity contribution in [2.45, 2.75) is 6.42 Å². The fourth-order valence-corrected chi connectivity index (χ4v) is 1.79. The second kappa shape index (κ2) is 7.39. The molecule has 3 N–H and O–H groups in total. The average molecular weight is 228 g/mol. The number of carbonyl (C=O) groups excluding carboxylic acids is 1. The van der Waals surface area contributed by atoms with Crippen molar-refractivity contribution in [1.82, 2.24) is 5.32 Å². The van der Waals surface area contributed by atoms with Gasteiger partial charge in [-0.05, 0) is 11.4 Å². The molecule has 1 heterocycles. The zero-order chi connectivity index (χ0) is 10.9. The predicted molar refractivity (Wildman–Crippen MR) is 60.9 cm³/mol. The van der Waals surface area contributed by atoms with Gasteiger partial charge in [-0.15, -0.1) is 11.3 Å². The van der Waals surface area contributed by atoms with Gasteiger partial charge in [0.15, 0.2) is 0 Å². The number of amides is 1. The Balaban J connectivity index is 2.04. The summed E-state index contributed by atoms with van der Waals surface area (Å²) in [6.45, 7) is 2.13. The lowest BCUT2D eigenvalue weighted by molar-refractivity contribution is -0.120. The van der Waals surface area contributed by atoms with E-state index in [4.69, 9.17) is 10.5 Å². The SMILES string of the molecule is NCCOCCNC(=O)Cc1cccs1. The quantitative estimate of drug-likeness (QED) is 0.663. The molecule has 0 radical (unpaired) electrons. The van der Waals surface area contributed by atoms with Crippen LogP contribution in [-0.4, -0.2) is 32.2 Å². The number of thiophene rings is 1. The van der Waals surface area contributed by atoms with E-state index in [-0.39, 0.29) is 5.91 Å². The molecular formula is C10H16N2O2S. The Morgan fingerprint density at radius 2 is 2.40 bits per heavy atom. The monoisotopic (exact) mass is 228 g/mol. The van der Waals surface area contributed by atoms with Crippen molar-refractivity contribution in [2.75, 3.05) is 26.3 Å². The van der Waals surface area contributed by atoms with Gasteiger partial charge in [0.25, 0.3) is 0 Å². The van der Waals surface area contributed by atoms with E-state index in [1.807, 2.05) is 17.5 Å². The van der Waals surface area contributed by atoms with Crippen molar-refractivity contribution in [3.8, 4) is 0 Å². The summed E-state index contributed by atoms with van der Waals surface area (Å²) in [6.07, 6.45) is 0.453. The number of carbonyl (C=O) groups is 1. The molecule has 15 heavy (non-hydrogen) atoms. The standard InChI is InChI=1S/C10H16N2O2S/c11-3-5-14-6-4-12-10(13)8-9-2-1-7-15-9/h1-2,7H,3-6,8,11H2,(H,12,13). The number of hydrogen-bond donors (Lipinski definition) is 2. The summed E-state index contributed by atoms with van der Waals surface area (Å²) in [6, 6.07) is 3.90. The van der Waals surface area contributed by atoms with E-state index in [0.717, 1.165) is 4.88 Å². The highest BCUT2D eigenvalue weighted by Crippen LogP contribution is 2.08. The van der Waals surface area contributed by atoms with Crippen molar-refractivity contribution in [1.29, 1.82) is 0 Å². The first-order valence-electron chi connectivity index (χ1n) is 4.90. The molecule has 4 nitrogen and oxygen atoms in total. The second-order valence-corrected chi connectivity index (χ2v) is 4.04. The summed E-state index contributed by atoms with van der Waals surface area (Å²) < 4.78 is 5.13. The van der Waals surface area contributed by atoms with Gasteiger partial charge in [-0.3, -0.25) is 4.79 Å². The van der Waals surface area contributed by atoms with E-state index < -0.39 is 0 Å². The van der Waals surface area contributed by atoms with Gasteiger partial charge in [0.05, 0.1) is 19.6 Å². The minimum atomic E-state index is 0.0359. The fraction of sp³-hybridized carbons (Fsp3) is 0.500. The molecule has 0 unspecified atom stereocenters. The molecule has 0 bridgehead atoms. The molecule has 0 saturated carbocycles. The van der Waals surface area contributed by atoms with E-state index in [2.05, 4.69) is 5.32 Å². The van der Waals surface area contributed by atoms with Crippen molar-refractivity contribution >= 4 is 17.2 Å². The summed E-state index contributed by atoms with van der Waals surface area (Å²) in [5.41, 5.74) is 5.25. The smallest absolute Gasteiger partial charge is 0.225 e. The number of nitrogens with one attached hydrogen (secondary N) is 1. The van der Waals surface area contributed by atoms with E-state index in [1.165, 1.54) is 0 Å². The van der Waals surface area contributed by atoms with Crippen LogP contribution < -0.4 is 11.1 Å². The summed E-state index contributed by atoms with van der Waals surface area (Å²) in [5, 5.41) is 4.75. The zero-order valence-electron chi connectivity index (χ0n) is 8.57. The van der Waals surface area contributed by atoms with Gasteiger partial charge < -0.3 is 15.8 Å². The number of hydrogen-bond acceptors (Lipinski definition) is 4. The third kappa shape index (κ3) is 5.51. The molecule has 1 amide bonds. The zero-order valence-corrected chi connectivity index (χ0v) is 9.39. The van der Waals surface area contributed by atoms with Gasteiger partial charge in [0, 0.05) is 18.0 Å². The molecule has 0 aromatic carbocycles. The third-order valence-electron chi connectivity index (χ3n) is 1.75. The normalized spacial score (nSPS) is 10.2. The highest BCUT2D eigenvalue weighted by molar-refractivity contribution is 7.10. The molecule has 0 aliphatic heterocycles. The molecule has 0 fully saturated rings. The number of nitrogens with two attached hydrogens (primary N) is 1. The Morgan fingerprint density at radius 1 is 1.53 bits per heavy atom. The van der Waals surface area contributed by atoms with Crippen LogP contribution in [0.5, 0.6) is 0 Å². The fourth-order valence-electron chi connectivity index (χ4n) is 1.08. The maximum absolute atomic E-state index is 11.4. The van der Waals surface area contributed by atoms with Gasteiger partial charge >= 0.3 is 0 Å².